The smallest absolute Gasteiger partial charge is 0.337 e. The van der Waals surface area contributed by atoms with Crippen LogP contribution in [0, 0.1) is 22.0 Å². The molecule has 0 spiro atoms. The highest BCUT2D eigenvalue weighted by Crippen LogP contribution is 2.64. The van der Waals surface area contributed by atoms with Gasteiger partial charge >= 0.3 is 5.97 Å². The molecule has 1 saturated heterocycles. The van der Waals surface area contributed by atoms with Crippen LogP contribution in [-0.2, 0) is 15.1 Å². The minimum Gasteiger partial charge on any atom is -0.478 e. The Kier molecular flexibility index (Phi) is 3.73. The summed E-state index contributed by atoms with van der Waals surface area (Å²) in [5.41, 5.74) is -0.0845. The average molecular weight is 440 g/mol. The lowest BCUT2D eigenvalue weighted by atomic mass is 9.51. The zero-order valence-electron chi connectivity index (χ0n) is 17.0. The van der Waals surface area contributed by atoms with E-state index in [4.69, 9.17) is 0 Å². The zero-order valence-corrected chi connectivity index (χ0v) is 17.0. The predicted molar refractivity (Wildman–Crippen MR) is 115 cm³/mol. The molecular weight excluding hydrogens is 424 g/mol. The molecule has 0 radical (unpaired) electrons. The summed E-state index contributed by atoms with van der Waals surface area (Å²) in [5.74, 6) is -5.48. The molecule has 8 nitrogen and oxygen atoms in total. The highest BCUT2D eigenvalue weighted by molar-refractivity contribution is 6.25. The Labute approximate surface area is 187 Å². The predicted octanol–water partition coefficient (Wildman–Crippen LogP) is 3.17. The fourth-order valence-corrected chi connectivity index (χ4v) is 6.13. The molecule has 7 rings (SSSR count). The SMILES string of the molecule is O=C(O)c1ccccc1N1C(=O)[C@H]2C3c4ccccc4C([N+](=O)[O-])(c4ccccc43)[C@H]2C1=O. The number of carbonyl (C=O) groups excluding carboxylic acids is 2. The summed E-state index contributed by atoms with van der Waals surface area (Å²) >= 11 is 0. The van der Waals surface area contributed by atoms with Gasteiger partial charge in [0.05, 0.1) is 17.2 Å². The topological polar surface area (TPSA) is 118 Å². The number of benzene rings is 3. The van der Waals surface area contributed by atoms with Crippen molar-refractivity contribution in [1.29, 1.82) is 0 Å². The van der Waals surface area contributed by atoms with E-state index in [1.165, 1.54) is 24.3 Å². The second kappa shape index (κ2) is 6.35. The van der Waals surface area contributed by atoms with Gasteiger partial charge in [0.2, 0.25) is 11.8 Å². The maximum Gasteiger partial charge on any atom is 0.337 e. The number of carbonyl (C=O) groups is 3. The van der Waals surface area contributed by atoms with Gasteiger partial charge < -0.3 is 5.11 Å². The number of carboxylic acid groups (broad SMARTS) is 1. The number of amides is 2. The van der Waals surface area contributed by atoms with Gasteiger partial charge in [-0.2, -0.15) is 0 Å². The number of hydrogen-bond donors (Lipinski definition) is 1. The van der Waals surface area contributed by atoms with Crippen molar-refractivity contribution < 1.29 is 24.4 Å². The molecule has 0 aromatic heterocycles. The quantitative estimate of drug-likeness (QED) is 0.380. The molecule has 2 bridgehead atoms. The summed E-state index contributed by atoms with van der Waals surface area (Å²) in [4.78, 5) is 52.8. The van der Waals surface area contributed by atoms with Crippen molar-refractivity contribution in [1.82, 2.24) is 0 Å². The molecule has 33 heavy (non-hydrogen) atoms. The van der Waals surface area contributed by atoms with Crippen molar-refractivity contribution in [2.45, 2.75) is 11.5 Å². The number of rotatable bonds is 3. The van der Waals surface area contributed by atoms with Crippen LogP contribution in [0.3, 0.4) is 0 Å². The molecule has 4 aliphatic rings. The Hall–Kier alpha value is -4.33. The molecule has 0 unspecified atom stereocenters. The Balaban J connectivity index is 1.67. The van der Waals surface area contributed by atoms with E-state index < -0.39 is 46.0 Å². The van der Waals surface area contributed by atoms with E-state index in [1.807, 2.05) is 0 Å². The number of carboxylic acids is 1. The van der Waals surface area contributed by atoms with Crippen molar-refractivity contribution in [3.63, 3.8) is 0 Å². The van der Waals surface area contributed by atoms with Crippen LogP contribution in [-0.4, -0.2) is 27.8 Å². The number of nitro groups is 1. The molecule has 1 aliphatic heterocycles. The van der Waals surface area contributed by atoms with Crippen molar-refractivity contribution in [2.24, 2.45) is 11.8 Å². The van der Waals surface area contributed by atoms with E-state index in [2.05, 4.69) is 0 Å². The third kappa shape index (κ3) is 2.12. The first-order valence-corrected chi connectivity index (χ1v) is 10.4. The normalized spacial score (nSPS) is 26.5. The van der Waals surface area contributed by atoms with Crippen molar-refractivity contribution >= 4 is 23.5 Å². The second-order valence-corrected chi connectivity index (χ2v) is 8.51. The van der Waals surface area contributed by atoms with Crippen LogP contribution in [0.4, 0.5) is 5.69 Å². The maximum absolute atomic E-state index is 13.9. The number of para-hydroxylation sites is 1. The van der Waals surface area contributed by atoms with Gasteiger partial charge in [-0.05, 0) is 23.3 Å². The van der Waals surface area contributed by atoms with Crippen LogP contribution in [0.15, 0.2) is 72.8 Å². The highest BCUT2D eigenvalue weighted by Gasteiger charge is 2.75. The third-order valence-electron chi connectivity index (χ3n) is 7.24. The van der Waals surface area contributed by atoms with E-state index in [9.17, 15) is 29.6 Å². The Bertz CT molecular complexity index is 1370. The van der Waals surface area contributed by atoms with Gasteiger partial charge in [0.15, 0.2) is 0 Å². The number of anilines is 1. The van der Waals surface area contributed by atoms with Crippen LogP contribution in [0.1, 0.15) is 38.5 Å². The summed E-state index contributed by atoms with van der Waals surface area (Å²) in [7, 11) is 0. The largest absolute Gasteiger partial charge is 0.478 e. The van der Waals surface area contributed by atoms with Gasteiger partial charge in [0.25, 0.3) is 5.54 Å². The van der Waals surface area contributed by atoms with E-state index >= 15 is 0 Å². The van der Waals surface area contributed by atoms with Crippen molar-refractivity contribution in [3.8, 4) is 0 Å². The minimum absolute atomic E-state index is 0.0691. The van der Waals surface area contributed by atoms with Gasteiger partial charge in [-0.15, -0.1) is 0 Å². The summed E-state index contributed by atoms with van der Waals surface area (Å²) in [5, 5.41) is 22.5. The lowest BCUT2D eigenvalue weighted by Crippen LogP contribution is -2.57. The summed E-state index contributed by atoms with van der Waals surface area (Å²) in [6, 6.07) is 19.5. The Morgan fingerprint density at radius 1 is 0.879 bits per heavy atom. The van der Waals surface area contributed by atoms with E-state index in [1.54, 1.807) is 48.5 Å². The number of aromatic carboxylic acids is 1. The van der Waals surface area contributed by atoms with Crippen LogP contribution < -0.4 is 4.90 Å². The molecule has 3 aliphatic carbocycles. The van der Waals surface area contributed by atoms with E-state index in [0.29, 0.717) is 22.3 Å². The standard InChI is InChI=1S/C25H16N2O6/c28-22-20-19-13-7-1-4-10-16(13)25(27(32)33,17-11-5-2-8-14(17)19)21(20)23(29)26(22)18-12-6-3-9-15(18)24(30)31/h1-12,19-21H,(H,30,31)/t19?,20-,21+,25?/m0/s1. The molecule has 0 saturated carbocycles. The summed E-state index contributed by atoms with van der Waals surface area (Å²) in [6.07, 6.45) is 0. The van der Waals surface area contributed by atoms with Crippen molar-refractivity contribution in [2.75, 3.05) is 4.90 Å². The van der Waals surface area contributed by atoms with Crippen LogP contribution in [0.5, 0.6) is 0 Å². The molecule has 2 atom stereocenters. The number of hydrogen-bond acceptors (Lipinski definition) is 5. The first-order valence-electron chi connectivity index (χ1n) is 10.4. The molecule has 3 aromatic carbocycles. The Morgan fingerprint density at radius 2 is 1.42 bits per heavy atom. The van der Waals surface area contributed by atoms with Gasteiger partial charge in [0.1, 0.15) is 5.92 Å². The third-order valence-corrected chi connectivity index (χ3v) is 7.24. The number of imide groups is 1. The molecule has 1 N–H and O–H groups in total. The molecule has 162 valence electrons. The van der Waals surface area contributed by atoms with Crippen LogP contribution >= 0.6 is 0 Å². The van der Waals surface area contributed by atoms with Crippen molar-refractivity contribution in [3.05, 3.63) is 111 Å². The van der Waals surface area contributed by atoms with Gasteiger partial charge in [-0.3, -0.25) is 19.7 Å². The summed E-state index contributed by atoms with van der Waals surface area (Å²) < 4.78 is 0. The fourth-order valence-electron chi connectivity index (χ4n) is 6.13. The first kappa shape index (κ1) is 19.4. The lowest BCUT2D eigenvalue weighted by molar-refractivity contribution is -0.578. The minimum atomic E-state index is -1.94. The maximum atomic E-state index is 13.9. The number of nitrogens with zero attached hydrogens (tertiary/aromatic N) is 2. The lowest BCUT2D eigenvalue weighted by Gasteiger charge is -2.48. The average Bonchev–Trinajstić information content (AvgIpc) is 3.09. The van der Waals surface area contributed by atoms with Crippen LogP contribution in [0.2, 0.25) is 0 Å². The molecule has 3 aromatic rings. The monoisotopic (exact) mass is 440 g/mol. The molecular formula is C25H16N2O6. The first-order chi connectivity index (χ1) is 15.9. The Morgan fingerprint density at radius 3 is 2.00 bits per heavy atom. The molecule has 8 heteroatoms. The molecule has 1 fully saturated rings. The van der Waals surface area contributed by atoms with Gasteiger partial charge in [0, 0.05) is 22.0 Å². The van der Waals surface area contributed by atoms with E-state index in [0.717, 1.165) is 4.90 Å². The highest BCUT2D eigenvalue weighted by atomic mass is 16.6. The second-order valence-electron chi connectivity index (χ2n) is 8.51. The summed E-state index contributed by atoms with van der Waals surface area (Å²) in [6.45, 7) is 0. The van der Waals surface area contributed by atoms with E-state index in [-0.39, 0.29) is 11.3 Å². The fraction of sp³-hybridized carbons (Fsp3) is 0.160. The zero-order chi connectivity index (χ0) is 23.1. The molecule has 2 amide bonds. The van der Waals surface area contributed by atoms with Gasteiger partial charge in [-0.25, -0.2) is 9.69 Å². The van der Waals surface area contributed by atoms with Gasteiger partial charge in [-0.1, -0.05) is 60.7 Å². The van der Waals surface area contributed by atoms with Crippen LogP contribution in [0.25, 0.3) is 0 Å². The molecule has 1 heterocycles.